The van der Waals surface area contributed by atoms with Gasteiger partial charge in [-0.1, -0.05) is 68.2 Å². The summed E-state index contributed by atoms with van der Waals surface area (Å²) >= 11 is 0. The van der Waals surface area contributed by atoms with Gasteiger partial charge in [0.2, 0.25) is 0 Å². The van der Waals surface area contributed by atoms with Crippen molar-refractivity contribution in [3.63, 3.8) is 0 Å². The molecule has 0 saturated carbocycles. The van der Waals surface area contributed by atoms with Gasteiger partial charge in [0.15, 0.2) is 0 Å². The molecule has 3 rings (SSSR count). The van der Waals surface area contributed by atoms with Crippen molar-refractivity contribution in [1.82, 2.24) is 0 Å². The van der Waals surface area contributed by atoms with Gasteiger partial charge in [-0.2, -0.15) is 0 Å². The molecule has 0 aromatic carbocycles. The van der Waals surface area contributed by atoms with E-state index < -0.39 is 0 Å². The maximum atomic E-state index is 6.62. The lowest BCUT2D eigenvalue weighted by Crippen LogP contribution is -2.30. The van der Waals surface area contributed by atoms with E-state index in [4.69, 9.17) is 5.73 Å². The smallest absolute Gasteiger partial charge is 0.0146 e. The third kappa shape index (κ3) is 5.08. The first kappa shape index (κ1) is 18.9. The van der Waals surface area contributed by atoms with Crippen LogP contribution in [-0.2, 0) is 0 Å². The Morgan fingerprint density at radius 2 is 2.12 bits per heavy atom. The Morgan fingerprint density at radius 3 is 2.77 bits per heavy atom. The predicted octanol–water partition coefficient (Wildman–Crippen LogP) is 6.34. The lowest BCUT2D eigenvalue weighted by atomic mass is 9.83. The van der Waals surface area contributed by atoms with Crippen LogP contribution in [0.25, 0.3) is 0 Å². The Labute approximate surface area is 159 Å². The number of hydrogen-bond acceptors (Lipinski definition) is 1. The molecule has 26 heavy (non-hydrogen) atoms. The molecule has 1 nitrogen and oxygen atoms in total. The molecule has 0 amide bonds. The average Bonchev–Trinajstić information content (AvgIpc) is 2.69. The first-order valence-electron chi connectivity index (χ1n) is 10.2. The fraction of sp³-hybridized carbons (Fsp3) is 0.440. The van der Waals surface area contributed by atoms with Gasteiger partial charge >= 0.3 is 0 Å². The molecule has 0 aliphatic heterocycles. The normalized spacial score (nSPS) is 27.1. The zero-order chi connectivity index (χ0) is 18.4. The molecule has 3 aliphatic rings. The second-order valence-electron chi connectivity index (χ2n) is 7.98. The Kier molecular flexibility index (Phi) is 6.68. The van der Waals surface area contributed by atoms with E-state index in [1.54, 1.807) is 0 Å². The highest BCUT2D eigenvalue weighted by Crippen LogP contribution is 2.31. The van der Waals surface area contributed by atoms with Crippen LogP contribution in [0.3, 0.4) is 0 Å². The quantitative estimate of drug-likeness (QED) is 0.557. The SMILES string of the molecule is C=C(/C=C(\C[C@H](N)C1C=CC=CC1)C1=CCCCC1)C1=CC[C@H](C)C=C1. The van der Waals surface area contributed by atoms with Crippen LogP contribution in [0.4, 0.5) is 0 Å². The van der Waals surface area contributed by atoms with Crippen LogP contribution < -0.4 is 5.73 Å². The average molecular weight is 348 g/mol. The van der Waals surface area contributed by atoms with Gasteiger partial charge in [-0.15, -0.1) is 0 Å². The van der Waals surface area contributed by atoms with Crippen molar-refractivity contribution in [2.45, 2.75) is 57.9 Å². The fourth-order valence-corrected chi connectivity index (χ4v) is 3.99. The van der Waals surface area contributed by atoms with Crippen molar-refractivity contribution < 1.29 is 0 Å². The molecule has 0 aromatic rings. The summed E-state index contributed by atoms with van der Waals surface area (Å²) in [5.74, 6) is 1.08. The van der Waals surface area contributed by atoms with Crippen molar-refractivity contribution in [2.24, 2.45) is 17.6 Å². The Bertz CT molecular complexity index is 696. The van der Waals surface area contributed by atoms with E-state index in [9.17, 15) is 0 Å². The minimum Gasteiger partial charge on any atom is -0.327 e. The minimum absolute atomic E-state index is 0.161. The third-order valence-corrected chi connectivity index (χ3v) is 5.76. The van der Waals surface area contributed by atoms with Crippen molar-refractivity contribution in [3.05, 3.63) is 83.6 Å². The molecule has 0 radical (unpaired) electrons. The molecule has 0 fully saturated rings. The summed E-state index contributed by atoms with van der Waals surface area (Å²) in [6.07, 6.45) is 28.4. The monoisotopic (exact) mass is 347 g/mol. The molecule has 3 aliphatic carbocycles. The molecular weight excluding hydrogens is 314 g/mol. The van der Waals surface area contributed by atoms with Crippen LogP contribution in [-0.4, -0.2) is 6.04 Å². The highest BCUT2D eigenvalue weighted by molar-refractivity contribution is 5.50. The fourth-order valence-electron chi connectivity index (χ4n) is 3.99. The van der Waals surface area contributed by atoms with Crippen LogP contribution in [0, 0.1) is 11.8 Å². The number of nitrogens with two attached hydrogens (primary N) is 1. The van der Waals surface area contributed by atoms with Gasteiger partial charge in [0.1, 0.15) is 0 Å². The van der Waals surface area contributed by atoms with Gasteiger partial charge in [-0.25, -0.2) is 0 Å². The van der Waals surface area contributed by atoms with Gasteiger partial charge in [0, 0.05) is 6.04 Å². The Morgan fingerprint density at radius 1 is 1.23 bits per heavy atom. The molecule has 0 bridgehead atoms. The summed E-state index contributed by atoms with van der Waals surface area (Å²) in [7, 11) is 0. The van der Waals surface area contributed by atoms with Crippen molar-refractivity contribution >= 4 is 0 Å². The lowest BCUT2D eigenvalue weighted by Gasteiger charge is -2.25. The first-order chi connectivity index (χ1) is 12.6. The van der Waals surface area contributed by atoms with E-state index in [2.05, 4.69) is 68.2 Å². The molecule has 138 valence electrons. The molecular formula is C25H33N. The van der Waals surface area contributed by atoms with Crippen LogP contribution in [0.5, 0.6) is 0 Å². The summed E-state index contributed by atoms with van der Waals surface area (Å²) in [6, 6.07) is 0.161. The van der Waals surface area contributed by atoms with E-state index in [0.717, 1.165) is 24.8 Å². The topological polar surface area (TPSA) is 26.0 Å². The summed E-state index contributed by atoms with van der Waals surface area (Å²) in [5, 5.41) is 0. The molecule has 1 heteroatoms. The third-order valence-electron chi connectivity index (χ3n) is 5.76. The molecule has 3 atom stereocenters. The van der Waals surface area contributed by atoms with Crippen molar-refractivity contribution in [3.8, 4) is 0 Å². The summed E-state index contributed by atoms with van der Waals surface area (Å²) < 4.78 is 0. The van der Waals surface area contributed by atoms with E-state index in [1.807, 2.05) is 0 Å². The molecule has 0 aromatic heterocycles. The second kappa shape index (κ2) is 9.19. The lowest BCUT2D eigenvalue weighted by molar-refractivity contribution is 0.497. The molecule has 0 saturated heterocycles. The molecule has 2 N–H and O–H groups in total. The van der Waals surface area contributed by atoms with Gasteiger partial charge in [-0.3, -0.25) is 0 Å². The second-order valence-corrected chi connectivity index (χ2v) is 7.98. The Hall–Kier alpha value is -1.86. The van der Waals surface area contributed by atoms with Crippen LogP contribution in [0.1, 0.15) is 51.9 Å². The predicted molar refractivity (Wildman–Crippen MR) is 114 cm³/mol. The van der Waals surface area contributed by atoms with E-state index in [1.165, 1.54) is 42.4 Å². The van der Waals surface area contributed by atoms with Gasteiger partial charge in [-0.05, 0) is 79.1 Å². The van der Waals surface area contributed by atoms with Gasteiger partial charge in [0.05, 0.1) is 0 Å². The highest BCUT2D eigenvalue weighted by atomic mass is 14.6. The first-order valence-corrected chi connectivity index (χ1v) is 10.2. The van der Waals surface area contributed by atoms with E-state index >= 15 is 0 Å². The Balaban J connectivity index is 1.77. The summed E-state index contributed by atoms with van der Waals surface area (Å²) in [5.41, 5.74) is 11.9. The highest BCUT2D eigenvalue weighted by Gasteiger charge is 2.19. The largest absolute Gasteiger partial charge is 0.327 e. The van der Waals surface area contributed by atoms with Crippen LogP contribution >= 0.6 is 0 Å². The van der Waals surface area contributed by atoms with E-state index in [-0.39, 0.29) is 6.04 Å². The minimum atomic E-state index is 0.161. The number of hydrogen-bond donors (Lipinski definition) is 1. The maximum Gasteiger partial charge on any atom is 0.0146 e. The standard InChI is InChI=1S/C25H33N/c1-19-13-15-21(16-14-19)20(2)17-24(22-9-5-3-6-10-22)18-25(26)23-11-7-4-8-12-23/h4,7-9,11,13,15-17,19,23,25H,2-3,5-6,10,12,14,18,26H2,1H3/b24-17+/t19-,23?,25+/m1/s1. The van der Waals surface area contributed by atoms with Gasteiger partial charge < -0.3 is 5.73 Å². The van der Waals surface area contributed by atoms with Crippen LogP contribution in [0.2, 0.25) is 0 Å². The zero-order valence-corrected chi connectivity index (χ0v) is 16.2. The van der Waals surface area contributed by atoms with Gasteiger partial charge in [0.25, 0.3) is 0 Å². The maximum absolute atomic E-state index is 6.62. The van der Waals surface area contributed by atoms with Crippen molar-refractivity contribution in [1.29, 1.82) is 0 Å². The van der Waals surface area contributed by atoms with Crippen molar-refractivity contribution in [2.75, 3.05) is 0 Å². The molecule has 0 spiro atoms. The molecule has 1 unspecified atom stereocenters. The van der Waals surface area contributed by atoms with E-state index in [0.29, 0.717) is 11.8 Å². The number of rotatable bonds is 6. The summed E-state index contributed by atoms with van der Waals surface area (Å²) in [6.45, 7) is 6.62. The summed E-state index contributed by atoms with van der Waals surface area (Å²) in [4.78, 5) is 0. The van der Waals surface area contributed by atoms with Crippen LogP contribution in [0.15, 0.2) is 83.6 Å². The number of allylic oxidation sites excluding steroid dienone is 11. The molecule has 0 heterocycles. The zero-order valence-electron chi connectivity index (χ0n) is 16.2.